The quantitative estimate of drug-likeness (QED) is 0.690. The van der Waals surface area contributed by atoms with Gasteiger partial charge in [-0.2, -0.15) is 0 Å². The molecule has 0 atom stereocenters. The van der Waals surface area contributed by atoms with E-state index in [0.29, 0.717) is 6.04 Å². The Bertz CT molecular complexity index is 325. The molecule has 1 nitrogen and oxygen atoms in total. The van der Waals surface area contributed by atoms with Crippen molar-refractivity contribution in [2.75, 3.05) is 11.4 Å². The SMILES string of the molecule is CC(C)C.CC(C)N1CCCc2ccccc21. The van der Waals surface area contributed by atoms with Crippen molar-refractivity contribution in [1.82, 2.24) is 0 Å². The molecule has 0 fully saturated rings. The first kappa shape index (κ1) is 14.1. The number of fused-ring (bicyclic) bond motifs is 1. The Labute approximate surface area is 107 Å². The molecule has 0 saturated heterocycles. The van der Waals surface area contributed by atoms with Gasteiger partial charge >= 0.3 is 0 Å². The Hall–Kier alpha value is -0.980. The summed E-state index contributed by atoms with van der Waals surface area (Å²) in [5.74, 6) is 0.833. The lowest BCUT2D eigenvalue weighted by molar-refractivity contribution is 0.626. The fourth-order valence-corrected chi connectivity index (χ4v) is 2.10. The lowest BCUT2D eigenvalue weighted by atomic mass is 10.0. The first-order valence-corrected chi connectivity index (χ1v) is 6.87. The van der Waals surface area contributed by atoms with Gasteiger partial charge in [-0.05, 0) is 44.2 Å². The predicted molar refractivity (Wildman–Crippen MR) is 77.8 cm³/mol. The van der Waals surface area contributed by atoms with Crippen molar-refractivity contribution < 1.29 is 0 Å². The molecular formula is C16H27N. The van der Waals surface area contributed by atoms with Gasteiger partial charge in [0, 0.05) is 18.3 Å². The Balaban J connectivity index is 0.000000317. The normalized spacial score (nSPS) is 14.4. The molecule has 0 aromatic heterocycles. The summed E-state index contributed by atoms with van der Waals surface area (Å²) in [5, 5.41) is 0. The number of nitrogens with zero attached hydrogens (tertiary/aromatic N) is 1. The van der Waals surface area contributed by atoms with Crippen molar-refractivity contribution in [2.24, 2.45) is 5.92 Å². The highest BCUT2D eigenvalue weighted by Gasteiger charge is 2.17. The van der Waals surface area contributed by atoms with Crippen LogP contribution in [0.3, 0.4) is 0 Å². The highest BCUT2D eigenvalue weighted by atomic mass is 15.2. The topological polar surface area (TPSA) is 3.24 Å². The maximum absolute atomic E-state index is 2.50. The zero-order valence-corrected chi connectivity index (χ0v) is 12.0. The Morgan fingerprint density at radius 2 is 1.59 bits per heavy atom. The second kappa shape index (κ2) is 6.68. The smallest absolute Gasteiger partial charge is 0.0401 e. The van der Waals surface area contributed by atoms with Crippen molar-refractivity contribution in [3.63, 3.8) is 0 Å². The first-order valence-electron chi connectivity index (χ1n) is 6.87. The van der Waals surface area contributed by atoms with Crippen molar-refractivity contribution in [2.45, 2.75) is 53.5 Å². The zero-order chi connectivity index (χ0) is 12.8. The van der Waals surface area contributed by atoms with Crippen LogP contribution in [0.15, 0.2) is 24.3 Å². The molecule has 2 rings (SSSR count). The molecular weight excluding hydrogens is 206 g/mol. The summed E-state index contributed by atoms with van der Waals surface area (Å²) in [6.45, 7) is 12.2. The maximum atomic E-state index is 2.50. The monoisotopic (exact) mass is 233 g/mol. The van der Waals surface area contributed by atoms with Crippen LogP contribution in [0.25, 0.3) is 0 Å². The van der Waals surface area contributed by atoms with Crippen LogP contribution >= 0.6 is 0 Å². The number of para-hydroxylation sites is 1. The molecule has 0 radical (unpaired) electrons. The van der Waals surface area contributed by atoms with Gasteiger partial charge in [-0.25, -0.2) is 0 Å². The number of hydrogen-bond donors (Lipinski definition) is 0. The number of anilines is 1. The molecule has 0 amide bonds. The first-order chi connectivity index (χ1) is 8.02. The summed E-state index contributed by atoms with van der Waals surface area (Å²) in [6.07, 6.45) is 2.55. The van der Waals surface area contributed by atoms with Crippen LogP contribution in [0.5, 0.6) is 0 Å². The van der Waals surface area contributed by atoms with Crippen molar-refractivity contribution >= 4 is 5.69 Å². The Morgan fingerprint density at radius 3 is 2.18 bits per heavy atom. The molecule has 1 aliphatic rings. The molecule has 1 aromatic carbocycles. The third-order valence-electron chi connectivity index (χ3n) is 2.77. The van der Waals surface area contributed by atoms with Crippen molar-refractivity contribution in [3.05, 3.63) is 29.8 Å². The molecule has 0 N–H and O–H groups in total. The van der Waals surface area contributed by atoms with E-state index in [0.717, 1.165) is 5.92 Å². The van der Waals surface area contributed by atoms with Crippen LogP contribution in [0.2, 0.25) is 0 Å². The van der Waals surface area contributed by atoms with E-state index in [1.54, 1.807) is 0 Å². The standard InChI is InChI=1S/C12H17N.C4H10/c1-10(2)13-9-5-7-11-6-3-4-8-12(11)13;1-4(2)3/h3-4,6,8,10H,5,7,9H2,1-2H3;4H,1-3H3. The van der Waals surface area contributed by atoms with Crippen LogP contribution < -0.4 is 4.90 Å². The van der Waals surface area contributed by atoms with Crippen molar-refractivity contribution in [1.29, 1.82) is 0 Å². The van der Waals surface area contributed by atoms with Crippen molar-refractivity contribution in [3.8, 4) is 0 Å². The average Bonchev–Trinajstić information content (AvgIpc) is 2.27. The fraction of sp³-hybridized carbons (Fsp3) is 0.625. The van der Waals surface area contributed by atoms with E-state index in [2.05, 4.69) is 63.8 Å². The lowest BCUT2D eigenvalue weighted by Crippen LogP contribution is -2.35. The number of hydrogen-bond acceptors (Lipinski definition) is 1. The summed E-state index contributed by atoms with van der Waals surface area (Å²) >= 11 is 0. The van der Waals surface area contributed by atoms with Crippen LogP contribution in [0.1, 0.15) is 46.6 Å². The average molecular weight is 233 g/mol. The molecule has 1 aromatic rings. The molecule has 1 aliphatic heterocycles. The largest absolute Gasteiger partial charge is 0.369 e. The molecule has 96 valence electrons. The molecule has 0 unspecified atom stereocenters. The second-order valence-corrected chi connectivity index (χ2v) is 5.75. The molecule has 1 heteroatoms. The minimum atomic E-state index is 0.626. The molecule has 0 aliphatic carbocycles. The minimum Gasteiger partial charge on any atom is -0.369 e. The molecule has 0 spiro atoms. The molecule has 17 heavy (non-hydrogen) atoms. The van der Waals surface area contributed by atoms with Gasteiger partial charge in [0.1, 0.15) is 0 Å². The van der Waals surface area contributed by atoms with Gasteiger partial charge in [0.2, 0.25) is 0 Å². The third-order valence-corrected chi connectivity index (χ3v) is 2.77. The van der Waals surface area contributed by atoms with E-state index in [9.17, 15) is 0 Å². The summed E-state index contributed by atoms with van der Waals surface area (Å²) < 4.78 is 0. The molecule has 0 saturated carbocycles. The third kappa shape index (κ3) is 4.41. The summed E-state index contributed by atoms with van der Waals surface area (Å²) in [4.78, 5) is 2.50. The van der Waals surface area contributed by atoms with Crippen LogP contribution in [-0.4, -0.2) is 12.6 Å². The zero-order valence-electron chi connectivity index (χ0n) is 12.0. The van der Waals surface area contributed by atoms with Gasteiger partial charge in [-0.3, -0.25) is 0 Å². The van der Waals surface area contributed by atoms with E-state index in [-0.39, 0.29) is 0 Å². The van der Waals surface area contributed by atoms with Gasteiger partial charge in [0.15, 0.2) is 0 Å². The molecule has 0 bridgehead atoms. The molecule has 1 heterocycles. The number of benzene rings is 1. The van der Waals surface area contributed by atoms with E-state index >= 15 is 0 Å². The highest BCUT2D eigenvalue weighted by Crippen LogP contribution is 2.27. The Morgan fingerprint density at radius 1 is 1.00 bits per heavy atom. The summed E-state index contributed by atoms with van der Waals surface area (Å²) in [7, 11) is 0. The number of aryl methyl sites for hydroxylation is 1. The van der Waals surface area contributed by atoms with Gasteiger partial charge < -0.3 is 4.90 Å². The maximum Gasteiger partial charge on any atom is 0.0401 e. The van der Waals surface area contributed by atoms with Gasteiger partial charge in [0.25, 0.3) is 0 Å². The van der Waals surface area contributed by atoms with Crippen LogP contribution in [-0.2, 0) is 6.42 Å². The summed E-state index contributed by atoms with van der Waals surface area (Å²) in [5.41, 5.74) is 2.96. The number of rotatable bonds is 1. The van der Waals surface area contributed by atoms with Crippen LogP contribution in [0.4, 0.5) is 5.69 Å². The fourth-order valence-electron chi connectivity index (χ4n) is 2.10. The van der Waals surface area contributed by atoms with E-state index in [1.807, 2.05) is 0 Å². The van der Waals surface area contributed by atoms with E-state index in [4.69, 9.17) is 0 Å². The van der Waals surface area contributed by atoms with E-state index in [1.165, 1.54) is 30.6 Å². The predicted octanol–water partition coefficient (Wildman–Crippen LogP) is 4.51. The lowest BCUT2D eigenvalue weighted by Gasteiger charge is -2.34. The second-order valence-electron chi connectivity index (χ2n) is 5.75. The van der Waals surface area contributed by atoms with E-state index < -0.39 is 0 Å². The summed E-state index contributed by atoms with van der Waals surface area (Å²) in [6, 6.07) is 9.40. The van der Waals surface area contributed by atoms with Gasteiger partial charge in [0.05, 0.1) is 0 Å². The van der Waals surface area contributed by atoms with Gasteiger partial charge in [-0.1, -0.05) is 39.0 Å². The van der Waals surface area contributed by atoms with Gasteiger partial charge in [-0.15, -0.1) is 0 Å². The Kier molecular flexibility index (Phi) is 5.54. The minimum absolute atomic E-state index is 0.626. The highest BCUT2D eigenvalue weighted by molar-refractivity contribution is 5.55. The van der Waals surface area contributed by atoms with Crippen LogP contribution in [0, 0.1) is 5.92 Å².